The van der Waals surface area contributed by atoms with Crippen LogP contribution in [0, 0.1) is 0 Å². The maximum Gasteiger partial charge on any atom is 0.274 e. The van der Waals surface area contributed by atoms with Crippen molar-refractivity contribution in [2.75, 3.05) is 11.4 Å². The second-order valence-electron chi connectivity index (χ2n) is 4.03. The van der Waals surface area contributed by atoms with Crippen LogP contribution < -0.4 is 10.0 Å². The summed E-state index contributed by atoms with van der Waals surface area (Å²) in [6, 6.07) is 8.20. The summed E-state index contributed by atoms with van der Waals surface area (Å²) >= 11 is 4.33. The van der Waals surface area contributed by atoms with E-state index in [1.165, 1.54) is 7.05 Å². The average molecular weight is 390 g/mol. The largest absolute Gasteiger partial charge is 0.409 e. The maximum absolute atomic E-state index is 12.6. The Bertz CT molecular complexity index is 787. The summed E-state index contributed by atoms with van der Waals surface area (Å²) in [5.41, 5.74) is 6.26. The zero-order chi connectivity index (χ0) is 15.6. The number of hydrogen-bond acceptors (Lipinski definition) is 5. The standard InChI is InChI=1S/C12H12BrN3O3S2/c1-16(21(18,19)12-9(13)6-7-20-12)10-5-3-2-4-8(10)11(14)15-17/h2-7,17H,1H3,(H2,14,15). The Morgan fingerprint density at radius 3 is 2.62 bits per heavy atom. The van der Waals surface area contributed by atoms with E-state index in [0.29, 0.717) is 15.7 Å². The summed E-state index contributed by atoms with van der Waals surface area (Å²) in [4.78, 5) is 0. The first kappa shape index (κ1) is 15.8. The molecule has 1 heterocycles. The predicted molar refractivity (Wildman–Crippen MR) is 86.6 cm³/mol. The van der Waals surface area contributed by atoms with E-state index in [1.54, 1.807) is 35.7 Å². The number of hydrogen-bond donors (Lipinski definition) is 2. The average Bonchev–Trinajstić information content (AvgIpc) is 2.92. The maximum atomic E-state index is 12.6. The molecule has 0 saturated carbocycles. The molecular weight excluding hydrogens is 378 g/mol. The van der Waals surface area contributed by atoms with Crippen LogP contribution in [0.4, 0.5) is 5.69 Å². The topological polar surface area (TPSA) is 96.0 Å². The first-order chi connectivity index (χ1) is 9.89. The lowest BCUT2D eigenvalue weighted by atomic mass is 10.1. The zero-order valence-corrected chi connectivity index (χ0v) is 14.1. The van der Waals surface area contributed by atoms with Crippen molar-refractivity contribution in [3.63, 3.8) is 0 Å². The molecule has 0 aliphatic heterocycles. The van der Waals surface area contributed by atoms with Gasteiger partial charge >= 0.3 is 0 Å². The molecule has 6 nitrogen and oxygen atoms in total. The summed E-state index contributed by atoms with van der Waals surface area (Å²) in [6.45, 7) is 0. The molecule has 0 fully saturated rings. The zero-order valence-electron chi connectivity index (χ0n) is 10.9. The molecule has 1 aromatic heterocycles. The van der Waals surface area contributed by atoms with Gasteiger partial charge in [0.1, 0.15) is 0 Å². The highest BCUT2D eigenvalue weighted by molar-refractivity contribution is 9.10. The fraction of sp³-hybridized carbons (Fsp3) is 0.0833. The smallest absolute Gasteiger partial charge is 0.274 e. The number of halogens is 1. The van der Waals surface area contributed by atoms with Crippen LogP contribution in [0.5, 0.6) is 0 Å². The Balaban J connectivity index is 2.56. The Hall–Kier alpha value is -1.58. The minimum Gasteiger partial charge on any atom is -0.409 e. The van der Waals surface area contributed by atoms with Gasteiger partial charge in [-0.25, -0.2) is 8.42 Å². The number of oxime groups is 1. The van der Waals surface area contributed by atoms with Gasteiger partial charge in [0.05, 0.1) is 5.69 Å². The van der Waals surface area contributed by atoms with Crippen LogP contribution in [0.3, 0.4) is 0 Å². The van der Waals surface area contributed by atoms with Gasteiger partial charge in [-0.15, -0.1) is 11.3 Å². The van der Waals surface area contributed by atoms with Crippen molar-refractivity contribution in [1.82, 2.24) is 0 Å². The van der Waals surface area contributed by atoms with E-state index >= 15 is 0 Å². The van der Waals surface area contributed by atoms with Crippen LogP contribution in [0.15, 0.2) is 49.5 Å². The lowest BCUT2D eigenvalue weighted by Crippen LogP contribution is -2.29. The van der Waals surface area contributed by atoms with Gasteiger partial charge < -0.3 is 10.9 Å². The molecule has 0 atom stereocenters. The normalized spacial score (nSPS) is 12.4. The second-order valence-corrected chi connectivity index (χ2v) is 7.97. The predicted octanol–water partition coefficient (Wildman–Crippen LogP) is 2.43. The van der Waals surface area contributed by atoms with Crippen molar-refractivity contribution in [1.29, 1.82) is 0 Å². The third kappa shape index (κ3) is 2.89. The quantitative estimate of drug-likeness (QED) is 0.363. The van der Waals surface area contributed by atoms with Gasteiger partial charge in [-0.05, 0) is 39.5 Å². The van der Waals surface area contributed by atoms with Gasteiger partial charge in [0.15, 0.2) is 10.0 Å². The third-order valence-corrected chi connectivity index (χ3v) is 7.22. The number of benzene rings is 1. The SMILES string of the molecule is CN(c1ccccc1/C(N)=N/O)S(=O)(=O)c1sccc1Br. The summed E-state index contributed by atoms with van der Waals surface area (Å²) in [5, 5.41) is 13.4. The summed E-state index contributed by atoms with van der Waals surface area (Å²) in [7, 11) is -2.31. The number of sulfonamides is 1. The molecule has 0 aliphatic rings. The molecule has 0 spiro atoms. The summed E-state index contributed by atoms with van der Waals surface area (Å²) in [5.74, 6) is -0.155. The van der Waals surface area contributed by atoms with Gasteiger partial charge in [-0.1, -0.05) is 17.3 Å². The summed E-state index contributed by atoms with van der Waals surface area (Å²) < 4.78 is 27.1. The van der Waals surface area contributed by atoms with Crippen LogP contribution in [0.2, 0.25) is 0 Å². The number of amidine groups is 1. The molecule has 0 unspecified atom stereocenters. The van der Waals surface area contributed by atoms with E-state index in [-0.39, 0.29) is 10.0 Å². The van der Waals surface area contributed by atoms with Gasteiger partial charge in [0, 0.05) is 17.1 Å². The Morgan fingerprint density at radius 2 is 2.05 bits per heavy atom. The molecule has 21 heavy (non-hydrogen) atoms. The number of rotatable bonds is 4. The van der Waals surface area contributed by atoms with Crippen LogP contribution in [-0.2, 0) is 10.0 Å². The van der Waals surface area contributed by atoms with Crippen molar-refractivity contribution in [3.8, 4) is 0 Å². The van der Waals surface area contributed by atoms with Crippen molar-refractivity contribution in [2.45, 2.75) is 4.21 Å². The molecule has 0 amide bonds. The van der Waals surface area contributed by atoms with E-state index in [4.69, 9.17) is 10.9 Å². The van der Waals surface area contributed by atoms with Crippen molar-refractivity contribution >= 4 is 48.8 Å². The van der Waals surface area contributed by atoms with Crippen molar-refractivity contribution < 1.29 is 13.6 Å². The molecule has 2 rings (SSSR count). The molecule has 0 aliphatic carbocycles. The first-order valence-corrected chi connectivity index (χ1v) is 8.79. The molecule has 1 aromatic carbocycles. The molecule has 0 bridgehead atoms. The Labute approximate surface area is 134 Å². The van der Waals surface area contributed by atoms with E-state index in [9.17, 15) is 8.42 Å². The number of nitrogens with two attached hydrogens (primary N) is 1. The lowest BCUT2D eigenvalue weighted by molar-refractivity contribution is 0.318. The van der Waals surface area contributed by atoms with Crippen molar-refractivity contribution in [2.24, 2.45) is 10.9 Å². The Kier molecular flexibility index (Phi) is 4.55. The van der Waals surface area contributed by atoms with E-state index in [1.807, 2.05) is 0 Å². The van der Waals surface area contributed by atoms with Gasteiger partial charge in [0.25, 0.3) is 10.0 Å². The second kappa shape index (κ2) is 6.04. The van der Waals surface area contributed by atoms with Crippen LogP contribution in [0.1, 0.15) is 5.56 Å². The molecule has 0 saturated heterocycles. The van der Waals surface area contributed by atoms with Crippen LogP contribution in [0.25, 0.3) is 0 Å². The monoisotopic (exact) mass is 389 g/mol. The number of anilines is 1. The molecule has 0 radical (unpaired) electrons. The van der Waals surface area contributed by atoms with E-state index in [0.717, 1.165) is 15.6 Å². The highest BCUT2D eigenvalue weighted by Crippen LogP contribution is 2.33. The summed E-state index contributed by atoms with van der Waals surface area (Å²) in [6.07, 6.45) is 0. The highest BCUT2D eigenvalue weighted by atomic mass is 79.9. The fourth-order valence-corrected chi connectivity index (χ4v) is 5.42. The first-order valence-electron chi connectivity index (χ1n) is 5.68. The third-order valence-electron chi connectivity index (χ3n) is 2.81. The Morgan fingerprint density at radius 1 is 1.38 bits per heavy atom. The minimum absolute atomic E-state index is 0.155. The highest BCUT2D eigenvalue weighted by Gasteiger charge is 2.27. The fourth-order valence-electron chi connectivity index (χ4n) is 1.74. The number of nitrogens with zero attached hydrogens (tertiary/aromatic N) is 2. The van der Waals surface area contributed by atoms with Gasteiger partial charge in [0.2, 0.25) is 0 Å². The molecule has 2 aromatic rings. The van der Waals surface area contributed by atoms with Crippen LogP contribution >= 0.6 is 27.3 Å². The van der Waals surface area contributed by atoms with E-state index in [2.05, 4.69) is 21.1 Å². The lowest BCUT2D eigenvalue weighted by Gasteiger charge is -2.21. The van der Waals surface area contributed by atoms with Gasteiger partial charge in [-0.3, -0.25) is 4.31 Å². The number of para-hydroxylation sites is 1. The molecule has 112 valence electrons. The van der Waals surface area contributed by atoms with Gasteiger partial charge in [-0.2, -0.15) is 0 Å². The number of thiophene rings is 1. The molecule has 3 N–H and O–H groups in total. The van der Waals surface area contributed by atoms with Crippen molar-refractivity contribution in [3.05, 3.63) is 45.7 Å². The van der Waals surface area contributed by atoms with Crippen LogP contribution in [-0.4, -0.2) is 26.5 Å². The molecular formula is C12H12BrN3O3S2. The minimum atomic E-state index is -3.73. The van der Waals surface area contributed by atoms with E-state index < -0.39 is 10.0 Å². The molecule has 9 heteroatoms.